The summed E-state index contributed by atoms with van der Waals surface area (Å²) in [6.07, 6.45) is 3.33. The van der Waals surface area contributed by atoms with Gasteiger partial charge >= 0.3 is 11.9 Å². The molecule has 7 nitrogen and oxygen atoms in total. The fraction of sp³-hybridized carbons (Fsp3) is 0.300. The zero-order valence-electron chi connectivity index (χ0n) is 15.2. The molecular formula is C20H23N3O4. The summed E-state index contributed by atoms with van der Waals surface area (Å²) in [5.41, 5.74) is 4.30. The van der Waals surface area contributed by atoms with Gasteiger partial charge in [-0.15, -0.1) is 0 Å². The SMILES string of the molecule is CN1CCN2c3ccccc3Cn3cccc3[C@H]2C1.O=C(O)/C=C\C(=O)O. The second kappa shape index (κ2) is 8.09. The van der Waals surface area contributed by atoms with E-state index in [4.69, 9.17) is 10.2 Å². The van der Waals surface area contributed by atoms with Gasteiger partial charge in [0.15, 0.2) is 0 Å². The molecule has 1 fully saturated rings. The monoisotopic (exact) mass is 369 g/mol. The maximum atomic E-state index is 9.55. The molecule has 0 saturated carbocycles. The highest BCUT2D eigenvalue weighted by atomic mass is 16.4. The van der Waals surface area contributed by atoms with Gasteiger partial charge in [-0.1, -0.05) is 18.2 Å². The first-order chi connectivity index (χ1) is 13.0. The summed E-state index contributed by atoms with van der Waals surface area (Å²) in [7, 11) is 2.22. The molecule has 7 heteroatoms. The van der Waals surface area contributed by atoms with Crippen LogP contribution in [0.4, 0.5) is 5.69 Å². The number of carbonyl (C=O) groups is 2. The van der Waals surface area contributed by atoms with Gasteiger partial charge in [0.2, 0.25) is 0 Å². The summed E-state index contributed by atoms with van der Waals surface area (Å²) >= 11 is 0. The number of aliphatic carboxylic acids is 2. The number of carboxylic acid groups (broad SMARTS) is 2. The number of hydrogen-bond donors (Lipinski definition) is 2. The van der Waals surface area contributed by atoms with Crippen LogP contribution in [0.25, 0.3) is 0 Å². The van der Waals surface area contributed by atoms with Gasteiger partial charge in [0, 0.05) is 55.9 Å². The minimum absolute atomic E-state index is 0.484. The smallest absolute Gasteiger partial charge is 0.328 e. The largest absolute Gasteiger partial charge is 0.478 e. The standard InChI is InChI=1S/C16H19N3.C4H4O4/c1-17-9-10-19-14-6-3-2-5-13(14)11-18-8-4-7-15(18)16(19)12-17;5-3(6)1-2-4(7)8/h2-8,16H,9-12H2,1H3;1-2H,(H,5,6)(H,7,8)/b;2-1-/t16-;/m1./s1. The van der Waals surface area contributed by atoms with Crippen molar-refractivity contribution < 1.29 is 19.8 Å². The number of carboxylic acids is 2. The van der Waals surface area contributed by atoms with Crippen molar-refractivity contribution >= 4 is 17.6 Å². The second-order valence-electron chi connectivity index (χ2n) is 6.67. The zero-order chi connectivity index (χ0) is 19.4. The Morgan fingerprint density at radius 3 is 2.44 bits per heavy atom. The molecule has 1 saturated heterocycles. The first kappa shape index (κ1) is 18.7. The number of hydrogen-bond acceptors (Lipinski definition) is 4. The average Bonchev–Trinajstić information content (AvgIpc) is 3.04. The van der Waals surface area contributed by atoms with Crippen molar-refractivity contribution in [1.82, 2.24) is 9.47 Å². The number of aromatic nitrogens is 1. The van der Waals surface area contributed by atoms with Gasteiger partial charge in [-0.05, 0) is 30.8 Å². The number of nitrogens with zero attached hydrogens (tertiary/aromatic N) is 3. The fourth-order valence-corrected chi connectivity index (χ4v) is 3.59. The number of rotatable bonds is 2. The van der Waals surface area contributed by atoms with Gasteiger partial charge in [0.05, 0.1) is 6.04 Å². The number of para-hydroxylation sites is 1. The molecule has 0 unspecified atom stereocenters. The molecule has 2 aromatic rings. The van der Waals surface area contributed by atoms with Crippen LogP contribution in [0.5, 0.6) is 0 Å². The molecule has 27 heavy (non-hydrogen) atoms. The first-order valence-electron chi connectivity index (χ1n) is 8.78. The van der Waals surface area contributed by atoms with Gasteiger partial charge in [-0.25, -0.2) is 9.59 Å². The summed E-state index contributed by atoms with van der Waals surface area (Å²) < 4.78 is 2.41. The minimum atomic E-state index is -1.26. The van der Waals surface area contributed by atoms with E-state index in [2.05, 4.69) is 64.0 Å². The third-order valence-corrected chi connectivity index (χ3v) is 4.80. The highest BCUT2D eigenvalue weighted by molar-refractivity contribution is 5.89. The van der Waals surface area contributed by atoms with Crippen molar-refractivity contribution in [3.8, 4) is 0 Å². The van der Waals surface area contributed by atoms with Crippen LogP contribution < -0.4 is 4.90 Å². The van der Waals surface area contributed by atoms with Gasteiger partial charge in [0.1, 0.15) is 0 Å². The highest BCUT2D eigenvalue weighted by Crippen LogP contribution is 2.36. The Labute approximate surface area is 157 Å². The van der Waals surface area contributed by atoms with E-state index in [0.29, 0.717) is 18.2 Å². The Balaban J connectivity index is 0.000000226. The van der Waals surface area contributed by atoms with E-state index in [-0.39, 0.29) is 0 Å². The molecule has 0 radical (unpaired) electrons. The van der Waals surface area contributed by atoms with Crippen LogP contribution in [-0.4, -0.2) is 58.3 Å². The highest BCUT2D eigenvalue weighted by Gasteiger charge is 2.31. The van der Waals surface area contributed by atoms with E-state index in [1.54, 1.807) is 0 Å². The molecule has 4 rings (SSSR count). The number of benzene rings is 1. The van der Waals surface area contributed by atoms with Crippen LogP contribution in [0.15, 0.2) is 54.7 Å². The lowest BCUT2D eigenvalue weighted by atomic mass is 10.1. The molecule has 2 aliphatic rings. The van der Waals surface area contributed by atoms with Gasteiger partial charge in [-0.3, -0.25) is 0 Å². The van der Waals surface area contributed by atoms with E-state index in [1.165, 1.54) is 16.9 Å². The molecule has 1 atom stereocenters. The number of anilines is 1. The molecular weight excluding hydrogens is 346 g/mol. The number of piperazine rings is 1. The maximum Gasteiger partial charge on any atom is 0.328 e. The lowest BCUT2D eigenvalue weighted by Crippen LogP contribution is -2.47. The molecule has 142 valence electrons. The number of likely N-dealkylation sites (N-methyl/N-ethyl adjacent to an activating group) is 1. The van der Waals surface area contributed by atoms with Crippen molar-refractivity contribution in [2.45, 2.75) is 12.6 Å². The summed E-state index contributed by atoms with van der Waals surface area (Å²) in [6.45, 7) is 4.36. The average molecular weight is 369 g/mol. The van der Waals surface area contributed by atoms with Gasteiger partial charge in [0.25, 0.3) is 0 Å². The van der Waals surface area contributed by atoms with Crippen LogP contribution in [0, 0.1) is 0 Å². The molecule has 0 aliphatic carbocycles. The Kier molecular flexibility index (Phi) is 5.61. The van der Waals surface area contributed by atoms with Crippen molar-refractivity contribution in [2.24, 2.45) is 0 Å². The maximum absolute atomic E-state index is 9.55. The molecule has 2 aliphatic heterocycles. The predicted molar refractivity (Wildman–Crippen MR) is 102 cm³/mol. The normalized spacial score (nSPS) is 18.6. The summed E-state index contributed by atoms with van der Waals surface area (Å²) in [5, 5.41) is 15.6. The number of fused-ring (bicyclic) bond motifs is 5. The van der Waals surface area contributed by atoms with Crippen molar-refractivity contribution in [3.05, 3.63) is 66.0 Å². The topological polar surface area (TPSA) is 86.0 Å². The van der Waals surface area contributed by atoms with Gasteiger partial charge < -0.3 is 24.6 Å². The molecule has 2 N–H and O–H groups in total. The van der Waals surface area contributed by atoms with Gasteiger partial charge in [-0.2, -0.15) is 0 Å². The molecule has 0 spiro atoms. The zero-order valence-corrected chi connectivity index (χ0v) is 15.2. The van der Waals surface area contributed by atoms with Crippen LogP contribution in [-0.2, 0) is 16.1 Å². The molecule has 0 amide bonds. The van der Waals surface area contributed by atoms with Crippen LogP contribution in [0.1, 0.15) is 17.3 Å². The lowest BCUT2D eigenvalue weighted by Gasteiger charge is -2.41. The van der Waals surface area contributed by atoms with Crippen molar-refractivity contribution in [3.63, 3.8) is 0 Å². The third-order valence-electron chi connectivity index (χ3n) is 4.80. The Morgan fingerprint density at radius 2 is 1.74 bits per heavy atom. The summed E-state index contributed by atoms with van der Waals surface area (Å²) in [4.78, 5) is 24.1. The Hall–Kier alpha value is -3.06. The molecule has 1 aromatic carbocycles. The quantitative estimate of drug-likeness (QED) is 0.788. The second-order valence-corrected chi connectivity index (χ2v) is 6.67. The van der Waals surface area contributed by atoms with Crippen molar-refractivity contribution in [2.75, 3.05) is 31.6 Å². The van der Waals surface area contributed by atoms with E-state index in [0.717, 1.165) is 26.2 Å². The van der Waals surface area contributed by atoms with E-state index < -0.39 is 11.9 Å². The molecule has 1 aromatic heterocycles. The van der Waals surface area contributed by atoms with Crippen LogP contribution in [0.3, 0.4) is 0 Å². The predicted octanol–water partition coefficient (Wildman–Crippen LogP) is 2.05. The van der Waals surface area contributed by atoms with Crippen molar-refractivity contribution in [1.29, 1.82) is 0 Å². The summed E-state index contributed by atoms with van der Waals surface area (Å²) in [6, 6.07) is 13.8. The van der Waals surface area contributed by atoms with E-state index in [9.17, 15) is 9.59 Å². The first-order valence-corrected chi connectivity index (χ1v) is 8.78. The molecule has 3 heterocycles. The van der Waals surface area contributed by atoms with Crippen LogP contribution in [0.2, 0.25) is 0 Å². The Morgan fingerprint density at radius 1 is 1.04 bits per heavy atom. The Bertz CT molecular complexity index is 842. The molecule has 0 bridgehead atoms. The fourth-order valence-electron chi connectivity index (χ4n) is 3.59. The van der Waals surface area contributed by atoms with Crippen LogP contribution >= 0.6 is 0 Å². The third kappa shape index (κ3) is 4.38. The minimum Gasteiger partial charge on any atom is -0.478 e. The summed E-state index contributed by atoms with van der Waals surface area (Å²) in [5.74, 6) is -2.51. The van der Waals surface area contributed by atoms with E-state index in [1.807, 2.05) is 0 Å². The van der Waals surface area contributed by atoms with E-state index >= 15 is 0 Å². The lowest BCUT2D eigenvalue weighted by molar-refractivity contribution is -0.134.